The second-order valence-corrected chi connectivity index (χ2v) is 8.12. The zero-order valence-corrected chi connectivity index (χ0v) is 17.3. The van der Waals surface area contributed by atoms with Gasteiger partial charge >= 0.3 is 6.03 Å². The first-order chi connectivity index (χ1) is 14.4. The summed E-state index contributed by atoms with van der Waals surface area (Å²) in [4.78, 5) is 28.1. The van der Waals surface area contributed by atoms with Crippen LogP contribution in [0.25, 0.3) is 10.8 Å². The van der Waals surface area contributed by atoms with Gasteiger partial charge < -0.3 is 24.8 Å². The highest BCUT2D eigenvalue weighted by Gasteiger charge is 2.49. The van der Waals surface area contributed by atoms with Crippen molar-refractivity contribution in [1.29, 1.82) is 0 Å². The molecule has 2 aliphatic heterocycles. The summed E-state index contributed by atoms with van der Waals surface area (Å²) in [6.45, 7) is 5.13. The first-order valence-electron chi connectivity index (χ1n) is 10.2. The molecule has 0 saturated carbocycles. The number of benzene rings is 2. The number of β-amino-alcohol motifs (C(OH)–C–C–N with tert-alkyl or cyclic N) is 1. The van der Waals surface area contributed by atoms with Gasteiger partial charge in [0.1, 0.15) is 37.0 Å². The average molecular weight is 414 g/mol. The Hall–Kier alpha value is -2.68. The normalized spacial score (nSPS) is 23.6. The Balaban J connectivity index is 1.51. The predicted octanol–water partition coefficient (Wildman–Crippen LogP) is -0.109. The van der Waals surface area contributed by atoms with E-state index in [1.807, 2.05) is 36.4 Å². The number of imide groups is 1. The standard InChI is InChI=1S/C22H27N3O5/c1-22(17-5-3-16-12-19(29-2)6-4-15(16)11-17)20(27)25(21(28)23-22)14-18(26)13-24-7-9-30-10-8-24/h3-6,11-12,18,26H,7-10,13-14H2,1-2H3,(H,23,28)/p+1/t18-,22-/m0/s1. The van der Waals surface area contributed by atoms with Crippen LogP contribution >= 0.6 is 0 Å². The molecule has 0 aromatic heterocycles. The molecular formula is C22H28N3O5+. The summed E-state index contributed by atoms with van der Waals surface area (Å²) in [5, 5.41) is 15.2. The fraction of sp³-hybridized carbons (Fsp3) is 0.455. The molecule has 2 fully saturated rings. The molecule has 30 heavy (non-hydrogen) atoms. The number of nitrogens with zero attached hydrogens (tertiary/aromatic N) is 1. The number of ether oxygens (including phenoxy) is 2. The van der Waals surface area contributed by atoms with Gasteiger partial charge in [0, 0.05) is 0 Å². The van der Waals surface area contributed by atoms with Gasteiger partial charge in [-0.2, -0.15) is 0 Å². The van der Waals surface area contributed by atoms with Gasteiger partial charge in [0.15, 0.2) is 0 Å². The van der Waals surface area contributed by atoms with Crippen LogP contribution in [0.15, 0.2) is 36.4 Å². The van der Waals surface area contributed by atoms with Crippen LogP contribution < -0.4 is 15.0 Å². The molecule has 8 nitrogen and oxygen atoms in total. The maximum Gasteiger partial charge on any atom is 0.325 e. The van der Waals surface area contributed by atoms with E-state index in [0.29, 0.717) is 25.3 Å². The van der Waals surface area contributed by atoms with E-state index in [0.717, 1.165) is 34.5 Å². The maximum atomic E-state index is 13.2. The SMILES string of the molecule is COc1ccc2cc([C@]3(C)NC(=O)N(C[C@@H](O)C[NH+]4CCOCC4)C3=O)ccc2c1. The van der Waals surface area contributed by atoms with Crippen LogP contribution in [0.1, 0.15) is 12.5 Å². The zero-order valence-electron chi connectivity index (χ0n) is 17.3. The lowest BCUT2D eigenvalue weighted by Gasteiger charge is -2.27. The van der Waals surface area contributed by atoms with Gasteiger partial charge in [0.05, 0.1) is 26.9 Å². The fourth-order valence-electron chi connectivity index (χ4n) is 4.19. The van der Waals surface area contributed by atoms with Crippen molar-refractivity contribution < 1.29 is 29.1 Å². The van der Waals surface area contributed by atoms with Crippen molar-refractivity contribution in [2.45, 2.75) is 18.6 Å². The molecule has 0 unspecified atom stereocenters. The molecule has 2 heterocycles. The van der Waals surface area contributed by atoms with Crippen molar-refractivity contribution >= 4 is 22.7 Å². The highest BCUT2D eigenvalue weighted by molar-refractivity contribution is 6.07. The third-order valence-electron chi connectivity index (χ3n) is 6.02. The minimum absolute atomic E-state index is 0.0185. The number of carbonyl (C=O) groups is 2. The number of rotatable bonds is 6. The Labute approximate surface area is 175 Å². The monoisotopic (exact) mass is 414 g/mol. The molecule has 8 heteroatoms. The molecule has 3 amide bonds. The number of hydrogen-bond acceptors (Lipinski definition) is 5. The molecule has 3 N–H and O–H groups in total. The molecule has 2 saturated heterocycles. The van der Waals surface area contributed by atoms with Gasteiger partial charge in [-0.1, -0.05) is 18.2 Å². The summed E-state index contributed by atoms with van der Waals surface area (Å²) in [6.07, 6.45) is -0.779. The van der Waals surface area contributed by atoms with Crippen LogP contribution in [0.2, 0.25) is 0 Å². The summed E-state index contributed by atoms with van der Waals surface area (Å²) in [6, 6.07) is 10.9. The molecule has 2 aromatic rings. The van der Waals surface area contributed by atoms with Gasteiger partial charge in [-0.15, -0.1) is 0 Å². The van der Waals surface area contributed by atoms with Crippen LogP contribution in [0.5, 0.6) is 5.75 Å². The minimum atomic E-state index is -1.17. The van der Waals surface area contributed by atoms with Crippen LogP contribution in [0.4, 0.5) is 4.79 Å². The molecule has 0 radical (unpaired) electrons. The number of fused-ring (bicyclic) bond motifs is 1. The number of methoxy groups -OCH3 is 1. The van der Waals surface area contributed by atoms with E-state index in [-0.39, 0.29) is 12.5 Å². The Morgan fingerprint density at radius 2 is 1.90 bits per heavy atom. The maximum absolute atomic E-state index is 13.2. The predicted molar refractivity (Wildman–Crippen MR) is 110 cm³/mol. The van der Waals surface area contributed by atoms with Gasteiger partial charge in [0.25, 0.3) is 5.91 Å². The van der Waals surface area contributed by atoms with Crippen molar-refractivity contribution in [3.63, 3.8) is 0 Å². The molecule has 0 bridgehead atoms. The summed E-state index contributed by atoms with van der Waals surface area (Å²) in [5.41, 5.74) is -0.467. The minimum Gasteiger partial charge on any atom is -0.497 e. The highest BCUT2D eigenvalue weighted by Crippen LogP contribution is 2.32. The first kappa shape index (κ1) is 20.6. The smallest absolute Gasteiger partial charge is 0.325 e. The van der Waals surface area contributed by atoms with Crippen molar-refractivity contribution in [1.82, 2.24) is 10.2 Å². The summed E-state index contributed by atoms with van der Waals surface area (Å²) in [5.74, 6) is 0.408. The van der Waals surface area contributed by atoms with Crippen molar-refractivity contribution in [3.8, 4) is 5.75 Å². The van der Waals surface area contributed by atoms with Crippen molar-refractivity contribution in [2.24, 2.45) is 0 Å². The molecule has 2 aliphatic rings. The molecule has 0 aliphatic carbocycles. The van der Waals surface area contributed by atoms with Crippen LogP contribution in [-0.2, 0) is 15.1 Å². The molecule has 160 valence electrons. The zero-order chi connectivity index (χ0) is 21.3. The number of quaternary nitrogens is 1. The second kappa shape index (κ2) is 8.22. The van der Waals surface area contributed by atoms with Gasteiger partial charge in [-0.3, -0.25) is 9.69 Å². The van der Waals surface area contributed by atoms with E-state index in [1.54, 1.807) is 14.0 Å². The average Bonchev–Trinajstić information content (AvgIpc) is 2.97. The highest BCUT2D eigenvalue weighted by atomic mass is 16.5. The third-order valence-corrected chi connectivity index (χ3v) is 6.02. The van der Waals surface area contributed by atoms with Crippen molar-refractivity contribution in [3.05, 3.63) is 42.0 Å². The van der Waals surface area contributed by atoms with E-state index in [9.17, 15) is 14.7 Å². The van der Waals surface area contributed by atoms with E-state index in [1.165, 1.54) is 4.90 Å². The molecule has 2 aromatic carbocycles. The summed E-state index contributed by atoms with van der Waals surface area (Å²) < 4.78 is 10.6. The van der Waals surface area contributed by atoms with Crippen LogP contribution in [0.3, 0.4) is 0 Å². The quantitative estimate of drug-likeness (QED) is 0.574. The lowest BCUT2D eigenvalue weighted by atomic mass is 9.90. The van der Waals surface area contributed by atoms with Gasteiger partial charge in [-0.25, -0.2) is 4.79 Å². The number of hydrogen-bond donors (Lipinski definition) is 3. The number of morpholine rings is 1. The topological polar surface area (TPSA) is 92.5 Å². The number of urea groups is 1. The molecule has 2 atom stereocenters. The molecule has 4 rings (SSSR count). The van der Waals surface area contributed by atoms with E-state index in [2.05, 4.69) is 5.32 Å². The largest absolute Gasteiger partial charge is 0.497 e. The number of nitrogens with one attached hydrogen (secondary N) is 2. The second-order valence-electron chi connectivity index (χ2n) is 8.12. The Morgan fingerprint density at radius 1 is 1.20 bits per heavy atom. The van der Waals surface area contributed by atoms with Crippen molar-refractivity contribution in [2.75, 3.05) is 46.5 Å². The summed E-state index contributed by atoms with van der Waals surface area (Å²) >= 11 is 0. The summed E-state index contributed by atoms with van der Waals surface area (Å²) in [7, 11) is 1.62. The fourth-order valence-corrected chi connectivity index (χ4v) is 4.19. The van der Waals surface area contributed by atoms with E-state index in [4.69, 9.17) is 9.47 Å². The van der Waals surface area contributed by atoms with E-state index < -0.39 is 17.7 Å². The molecule has 0 spiro atoms. The van der Waals surface area contributed by atoms with Gasteiger partial charge in [-0.05, 0) is 41.5 Å². The Bertz CT molecular complexity index is 959. The van der Waals surface area contributed by atoms with E-state index >= 15 is 0 Å². The Kier molecular flexibility index (Phi) is 5.64. The number of carbonyl (C=O) groups excluding carboxylic acids is 2. The first-order valence-corrected chi connectivity index (χ1v) is 10.2. The third kappa shape index (κ3) is 3.86. The van der Waals surface area contributed by atoms with Crippen LogP contribution in [0, 0.1) is 0 Å². The van der Waals surface area contributed by atoms with Gasteiger partial charge in [0.2, 0.25) is 0 Å². The lowest BCUT2D eigenvalue weighted by molar-refractivity contribution is -0.910. The number of amides is 3. The molecular weight excluding hydrogens is 386 g/mol. The Morgan fingerprint density at radius 3 is 2.63 bits per heavy atom. The number of aliphatic hydroxyl groups is 1. The number of aliphatic hydroxyl groups excluding tert-OH is 1. The lowest BCUT2D eigenvalue weighted by Crippen LogP contribution is -3.15. The van der Waals surface area contributed by atoms with Crippen LogP contribution in [-0.4, -0.2) is 74.6 Å².